The molecule has 0 bridgehead atoms. The van der Waals surface area contributed by atoms with Crippen LogP contribution in [0.3, 0.4) is 0 Å². The predicted molar refractivity (Wildman–Crippen MR) is 138 cm³/mol. The van der Waals surface area contributed by atoms with Crippen LogP contribution in [-0.2, 0) is 20.8 Å². The zero-order valence-electron chi connectivity index (χ0n) is 21.6. The van der Waals surface area contributed by atoms with Crippen LogP contribution >= 0.6 is 0 Å². The first-order chi connectivity index (χ1) is 18.1. The lowest BCUT2D eigenvalue weighted by molar-refractivity contribution is -0.137. The molecule has 1 aliphatic rings. The fourth-order valence-corrected chi connectivity index (χ4v) is 4.15. The van der Waals surface area contributed by atoms with Crippen molar-refractivity contribution in [2.24, 2.45) is 0 Å². The van der Waals surface area contributed by atoms with E-state index in [9.17, 15) is 19.2 Å². The Morgan fingerprint density at radius 3 is 2.37 bits per heavy atom. The molecule has 1 amide bonds. The predicted octanol–water partition coefficient (Wildman–Crippen LogP) is 3.65. The first-order valence-corrected chi connectivity index (χ1v) is 12.6. The van der Waals surface area contributed by atoms with Crippen LogP contribution < -0.4 is 24.8 Å². The Kier molecular flexibility index (Phi) is 9.89. The van der Waals surface area contributed by atoms with E-state index in [1.165, 1.54) is 0 Å². The summed E-state index contributed by atoms with van der Waals surface area (Å²) in [6.07, 6.45) is 1.70. The first-order valence-electron chi connectivity index (χ1n) is 12.6. The van der Waals surface area contributed by atoms with Gasteiger partial charge in [-0.15, -0.1) is 0 Å². The lowest BCUT2D eigenvalue weighted by Crippen LogP contribution is -2.33. The zero-order chi connectivity index (χ0) is 27.7. The van der Waals surface area contributed by atoms with Gasteiger partial charge in [-0.3, -0.25) is 14.4 Å². The number of carboxylic acid groups (broad SMARTS) is 2. The number of unbranched alkanes of at least 4 members (excludes halogenated alkanes) is 1. The molecule has 2 aromatic rings. The fourth-order valence-electron chi connectivity index (χ4n) is 4.15. The Labute approximate surface area is 220 Å². The van der Waals surface area contributed by atoms with Crippen molar-refractivity contribution >= 4 is 34.8 Å². The summed E-state index contributed by atoms with van der Waals surface area (Å²) < 4.78 is 17.8. The van der Waals surface area contributed by atoms with Gasteiger partial charge in [0.2, 0.25) is 0 Å². The number of rotatable bonds is 13. The van der Waals surface area contributed by atoms with Crippen molar-refractivity contribution in [2.75, 3.05) is 19.6 Å². The van der Waals surface area contributed by atoms with Gasteiger partial charge in [0.1, 0.15) is 11.4 Å². The van der Waals surface area contributed by atoms with E-state index in [4.69, 9.17) is 24.4 Å². The molecule has 0 spiro atoms. The monoisotopic (exact) mass is 530 g/mol. The van der Waals surface area contributed by atoms with Crippen LogP contribution in [0, 0.1) is 0 Å². The third-order valence-corrected chi connectivity index (χ3v) is 6.03. The number of amides is 1. The standard InChI is InChI=1S/C27H34N2O9/c1-27(2)13-12-19-23(38-27)17-8-3-4-9-18(17)24(37-26(35)29-15-6-5-10-20(30)31)25(19)36-22(34)11-7-14-28-16-21(32)33/h3-4,8-9,28H,5-7,10-16H2,1-2H3,(H,29,35)(H,30,31)(H,32,33). The quantitative estimate of drug-likeness (QED) is 0.171. The van der Waals surface area contributed by atoms with Gasteiger partial charge in [0.05, 0.1) is 6.54 Å². The minimum Gasteiger partial charge on any atom is -0.487 e. The molecule has 0 unspecified atom stereocenters. The van der Waals surface area contributed by atoms with Gasteiger partial charge in [0.15, 0.2) is 11.5 Å². The number of fused-ring (bicyclic) bond motifs is 3. The molecule has 1 heterocycles. The van der Waals surface area contributed by atoms with E-state index in [2.05, 4.69) is 10.6 Å². The maximum atomic E-state index is 12.8. The molecule has 0 radical (unpaired) electrons. The van der Waals surface area contributed by atoms with Crippen molar-refractivity contribution in [3.63, 3.8) is 0 Å². The Balaban J connectivity index is 1.86. The summed E-state index contributed by atoms with van der Waals surface area (Å²) in [5.74, 6) is -1.64. The third-order valence-electron chi connectivity index (χ3n) is 6.03. The number of nitrogens with one attached hydrogen (secondary N) is 2. The molecule has 0 saturated carbocycles. The van der Waals surface area contributed by atoms with Crippen molar-refractivity contribution in [1.29, 1.82) is 0 Å². The van der Waals surface area contributed by atoms with Crippen molar-refractivity contribution < 1.29 is 43.6 Å². The summed E-state index contributed by atoms with van der Waals surface area (Å²) in [5.41, 5.74) is 0.187. The number of hydrogen-bond donors (Lipinski definition) is 4. The highest BCUT2D eigenvalue weighted by Crippen LogP contribution is 2.50. The minimum atomic E-state index is -0.986. The van der Waals surface area contributed by atoms with Gasteiger partial charge in [-0.2, -0.15) is 0 Å². The lowest BCUT2D eigenvalue weighted by Gasteiger charge is -2.34. The number of hydrogen-bond acceptors (Lipinski definition) is 8. The van der Waals surface area contributed by atoms with Gasteiger partial charge < -0.3 is 35.1 Å². The van der Waals surface area contributed by atoms with Crippen molar-refractivity contribution in [3.05, 3.63) is 29.8 Å². The molecule has 3 rings (SSSR count). The Morgan fingerprint density at radius 2 is 1.66 bits per heavy atom. The van der Waals surface area contributed by atoms with E-state index >= 15 is 0 Å². The zero-order valence-corrected chi connectivity index (χ0v) is 21.6. The molecule has 0 atom stereocenters. The lowest BCUT2D eigenvalue weighted by atomic mass is 9.91. The third kappa shape index (κ3) is 8.07. The molecule has 206 valence electrons. The number of carbonyl (C=O) groups is 4. The largest absolute Gasteiger partial charge is 0.487 e. The van der Waals surface area contributed by atoms with E-state index in [1.807, 2.05) is 26.0 Å². The molecule has 0 aliphatic carbocycles. The minimum absolute atomic E-state index is 0.00840. The van der Waals surface area contributed by atoms with E-state index in [0.717, 1.165) is 5.39 Å². The van der Waals surface area contributed by atoms with Gasteiger partial charge in [0, 0.05) is 35.7 Å². The summed E-state index contributed by atoms with van der Waals surface area (Å²) in [6, 6.07) is 7.23. The highest BCUT2D eigenvalue weighted by molar-refractivity contribution is 5.99. The summed E-state index contributed by atoms with van der Waals surface area (Å²) in [4.78, 5) is 46.8. The molecule has 11 nitrogen and oxygen atoms in total. The number of aliphatic carboxylic acids is 2. The molecular weight excluding hydrogens is 496 g/mol. The maximum absolute atomic E-state index is 12.8. The number of ether oxygens (including phenoxy) is 3. The Bertz CT molecular complexity index is 1190. The summed E-state index contributed by atoms with van der Waals surface area (Å²) in [5, 5.41) is 24.1. The second kappa shape index (κ2) is 13.1. The second-order valence-electron chi connectivity index (χ2n) is 9.69. The Hall–Kier alpha value is -3.86. The SMILES string of the molecule is CC1(C)CCc2c(OC(=O)CCCNCC(=O)O)c(OC(=O)NCCCCC(=O)O)c3ccccc3c2O1. The first kappa shape index (κ1) is 28.7. The topological polar surface area (TPSA) is 160 Å². The number of esters is 1. The molecule has 4 N–H and O–H groups in total. The van der Waals surface area contributed by atoms with Crippen molar-refractivity contribution in [2.45, 2.75) is 64.4 Å². The van der Waals surface area contributed by atoms with Gasteiger partial charge in [0.25, 0.3) is 0 Å². The highest BCUT2D eigenvalue weighted by Gasteiger charge is 2.34. The average Bonchev–Trinajstić information content (AvgIpc) is 2.84. The van der Waals surface area contributed by atoms with Crippen LogP contribution in [0.2, 0.25) is 0 Å². The van der Waals surface area contributed by atoms with Gasteiger partial charge in [-0.1, -0.05) is 24.3 Å². The number of carbonyl (C=O) groups excluding carboxylic acids is 2. The van der Waals surface area contributed by atoms with E-state index in [-0.39, 0.29) is 37.4 Å². The van der Waals surface area contributed by atoms with Crippen LogP contribution in [-0.4, -0.2) is 59.4 Å². The molecule has 1 aliphatic heterocycles. The molecule has 11 heteroatoms. The highest BCUT2D eigenvalue weighted by atomic mass is 16.6. The second-order valence-corrected chi connectivity index (χ2v) is 9.69. The van der Waals surface area contributed by atoms with Crippen LogP contribution in [0.4, 0.5) is 4.79 Å². The molecule has 0 aromatic heterocycles. The number of benzene rings is 2. The van der Waals surface area contributed by atoms with Gasteiger partial charge in [-0.05, 0) is 52.5 Å². The summed E-state index contributed by atoms with van der Waals surface area (Å²) >= 11 is 0. The van der Waals surface area contributed by atoms with Crippen LogP contribution in [0.25, 0.3) is 10.8 Å². The smallest absolute Gasteiger partial charge is 0.412 e. The van der Waals surface area contributed by atoms with Crippen molar-refractivity contribution in [3.8, 4) is 17.2 Å². The van der Waals surface area contributed by atoms with E-state index in [0.29, 0.717) is 55.3 Å². The van der Waals surface area contributed by atoms with Gasteiger partial charge in [-0.25, -0.2) is 4.79 Å². The normalized spacial score (nSPS) is 13.7. The summed E-state index contributed by atoms with van der Waals surface area (Å²) in [6.45, 7) is 4.29. The maximum Gasteiger partial charge on any atom is 0.412 e. The van der Waals surface area contributed by atoms with E-state index in [1.54, 1.807) is 12.1 Å². The molecular formula is C27H34N2O9. The number of carboxylic acids is 2. The summed E-state index contributed by atoms with van der Waals surface area (Å²) in [7, 11) is 0. The Morgan fingerprint density at radius 1 is 0.921 bits per heavy atom. The average molecular weight is 531 g/mol. The van der Waals surface area contributed by atoms with Crippen molar-refractivity contribution in [1.82, 2.24) is 10.6 Å². The van der Waals surface area contributed by atoms with Gasteiger partial charge >= 0.3 is 24.0 Å². The molecule has 38 heavy (non-hydrogen) atoms. The molecule has 2 aromatic carbocycles. The van der Waals surface area contributed by atoms with E-state index < -0.39 is 29.6 Å². The molecule has 0 fully saturated rings. The van der Waals surface area contributed by atoms with Crippen LogP contribution in [0.1, 0.15) is 57.9 Å². The fraction of sp³-hybridized carbons (Fsp3) is 0.481. The van der Waals surface area contributed by atoms with Crippen LogP contribution in [0.15, 0.2) is 24.3 Å². The molecule has 0 saturated heterocycles. The van der Waals surface area contributed by atoms with Crippen LogP contribution in [0.5, 0.6) is 17.2 Å².